The summed E-state index contributed by atoms with van der Waals surface area (Å²) in [6.45, 7) is 3.69. The Morgan fingerprint density at radius 2 is 2.28 bits per heavy atom. The fourth-order valence-corrected chi connectivity index (χ4v) is 1.91. The number of hydrogen-bond donors (Lipinski definition) is 0. The average Bonchev–Trinajstić information content (AvgIpc) is 2.73. The van der Waals surface area contributed by atoms with Crippen LogP contribution in [-0.2, 0) is 16.5 Å². The van der Waals surface area contributed by atoms with Crippen molar-refractivity contribution in [2.75, 3.05) is 19.8 Å². The second kappa shape index (κ2) is 5.82. The second-order valence-corrected chi connectivity index (χ2v) is 4.21. The molecule has 0 saturated carbocycles. The van der Waals surface area contributed by atoms with Crippen molar-refractivity contribution in [1.82, 2.24) is 9.78 Å². The van der Waals surface area contributed by atoms with Crippen LogP contribution in [0.4, 0.5) is 0 Å². The summed E-state index contributed by atoms with van der Waals surface area (Å²) in [7, 11) is 1.83. The van der Waals surface area contributed by atoms with E-state index in [-0.39, 0.29) is 5.97 Å². The molecule has 0 amide bonds. The molecule has 0 aliphatic carbocycles. The van der Waals surface area contributed by atoms with E-state index in [2.05, 4.69) is 11.2 Å². The molecular formula is C13H18N2O3. The highest BCUT2D eigenvalue weighted by atomic mass is 16.5. The van der Waals surface area contributed by atoms with Crippen molar-refractivity contribution in [3.63, 3.8) is 0 Å². The number of carbonyl (C=O) groups excluding carboxylic acids is 1. The lowest BCUT2D eigenvalue weighted by atomic mass is 10.1. The van der Waals surface area contributed by atoms with Crippen LogP contribution in [0, 0.1) is 0 Å². The lowest BCUT2D eigenvalue weighted by Gasteiger charge is -2.14. The number of nitrogens with zero attached hydrogens (tertiary/aromatic N) is 2. The molecule has 0 N–H and O–H groups in total. The van der Waals surface area contributed by atoms with Crippen LogP contribution >= 0.6 is 0 Å². The zero-order valence-corrected chi connectivity index (χ0v) is 10.8. The smallest absolute Gasteiger partial charge is 0.358 e. The van der Waals surface area contributed by atoms with Gasteiger partial charge < -0.3 is 9.47 Å². The van der Waals surface area contributed by atoms with E-state index < -0.39 is 0 Å². The van der Waals surface area contributed by atoms with Crippen LogP contribution in [0.15, 0.2) is 11.6 Å². The minimum atomic E-state index is -0.371. The fraction of sp³-hybridized carbons (Fsp3) is 0.538. The van der Waals surface area contributed by atoms with E-state index in [9.17, 15) is 4.79 Å². The summed E-state index contributed by atoms with van der Waals surface area (Å²) in [4.78, 5) is 11.6. The molecule has 2 heterocycles. The standard InChI is InChI=1S/C13H18N2O3/c1-3-18-13(16)12-9-11(15(2)14-12)8-10-4-6-17-7-5-10/h8-9H,3-7H2,1-2H3. The molecule has 1 aliphatic rings. The van der Waals surface area contributed by atoms with Gasteiger partial charge in [-0.1, -0.05) is 5.57 Å². The van der Waals surface area contributed by atoms with E-state index in [4.69, 9.17) is 9.47 Å². The highest BCUT2D eigenvalue weighted by molar-refractivity contribution is 5.87. The summed E-state index contributed by atoms with van der Waals surface area (Å²) in [5.74, 6) is -0.371. The Labute approximate surface area is 106 Å². The van der Waals surface area contributed by atoms with Gasteiger partial charge in [0.05, 0.1) is 25.5 Å². The zero-order valence-electron chi connectivity index (χ0n) is 10.8. The maximum absolute atomic E-state index is 11.6. The van der Waals surface area contributed by atoms with Crippen molar-refractivity contribution < 1.29 is 14.3 Å². The zero-order chi connectivity index (χ0) is 13.0. The highest BCUT2D eigenvalue weighted by Gasteiger charge is 2.13. The van der Waals surface area contributed by atoms with E-state index in [0.717, 1.165) is 31.7 Å². The number of hydrogen-bond acceptors (Lipinski definition) is 4. The fourth-order valence-electron chi connectivity index (χ4n) is 1.91. The Morgan fingerprint density at radius 3 is 2.94 bits per heavy atom. The van der Waals surface area contributed by atoms with Gasteiger partial charge in [-0.25, -0.2) is 4.79 Å². The number of esters is 1. The number of aryl methyl sites for hydroxylation is 1. The summed E-state index contributed by atoms with van der Waals surface area (Å²) < 4.78 is 11.9. The molecule has 0 bridgehead atoms. The van der Waals surface area contributed by atoms with Crippen LogP contribution in [0.3, 0.4) is 0 Å². The molecule has 1 saturated heterocycles. The van der Waals surface area contributed by atoms with Crippen LogP contribution in [0.2, 0.25) is 0 Å². The third-order valence-electron chi connectivity index (χ3n) is 2.89. The third-order valence-corrected chi connectivity index (χ3v) is 2.89. The predicted octanol–water partition coefficient (Wildman–Crippen LogP) is 1.79. The first kappa shape index (κ1) is 12.8. The molecule has 0 unspecified atom stereocenters. The first-order valence-corrected chi connectivity index (χ1v) is 6.19. The molecule has 98 valence electrons. The molecule has 2 rings (SSSR count). The minimum Gasteiger partial charge on any atom is -0.461 e. The van der Waals surface area contributed by atoms with Gasteiger partial charge in [0.25, 0.3) is 0 Å². The van der Waals surface area contributed by atoms with Gasteiger partial charge in [0, 0.05) is 7.05 Å². The third kappa shape index (κ3) is 2.98. The number of ether oxygens (including phenoxy) is 2. The van der Waals surface area contributed by atoms with Crippen molar-refractivity contribution in [1.29, 1.82) is 0 Å². The molecule has 0 radical (unpaired) electrons. The summed E-state index contributed by atoms with van der Waals surface area (Å²) in [5.41, 5.74) is 2.62. The van der Waals surface area contributed by atoms with Crippen molar-refractivity contribution in [3.8, 4) is 0 Å². The Morgan fingerprint density at radius 1 is 1.56 bits per heavy atom. The molecule has 1 aromatic heterocycles. The van der Waals surface area contributed by atoms with Crippen molar-refractivity contribution >= 4 is 12.0 Å². The van der Waals surface area contributed by atoms with E-state index in [1.165, 1.54) is 5.57 Å². The molecule has 1 aromatic rings. The quantitative estimate of drug-likeness (QED) is 0.767. The van der Waals surface area contributed by atoms with Gasteiger partial charge in [0.2, 0.25) is 0 Å². The van der Waals surface area contributed by atoms with Crippen LogP contribution < -0.4 is 0 Å². The van der Waals surface area contributed by atoms with E-state index in [1.54, 1.807) is 17.7 Å². The SMILES string of the molecule is CCOC(=O)c1cc(C=C2CCOCC2)n(C)n1. The first-order valence-electron chi connectivity index (χ1n) is 6.19. The highest BCUT2D eigenvalue weighted by Crippen LogP contribution is 2.18. The number of aromatic nitrogens is 2. The average molecular weight is 250 g/mol. The normalized spacial score (nSPS) is 15.6. The van der Waals surface area contributed by atoms with Crippen molar-refractivity contribution in [2.24, 2.45) is 7.05 Å². The molecule has 1 aliphatic heterocycles. The van der Waals surface area contributed by atoms with Crippen molar-refractivity contribution in [2.45, 2.75) is 19.8 Å². The van der Waals surface area contributed by atoms with E-state index in [1.807, 2.05) is 7.05 Å². The molecular weight excluding hydrogens is 232 g/mol. The van der Waals surface area contributed by atoms with Crippen LogP contribution in [0.5, 0.6) is 0 Å². The Balaban J connectivity index is 2.16. The van der Waals surface area contributed by atoms with E-state index >= 15 is 0 Å². The predicted molar refractivity (Wildman–Crippen MR) is 67.2 cm³/mol. The largest absolute Gasteiger partial charge is 0.461 e. The van der Waals surface area contributed by atoms with Gasteiger partial charge in [0.15, 0.2) is 5.69 Å². The van der Waals surface area contributed by atoms with Gasteiger partial charge in [-0.15, -0.1) is 0 Å². The monoisotopic (exact) mass is 250 g/mol. The van der Waals surface area contributed by atoms with Gasteiger partial charge in [0.1, 0.15) is 0 Å². The lowest BCUT2D eigenvalue weighted by molar-refractivity contribution is 0.0518. The maximum Gasteiger partial charge on any atom is 0.358 e. The lowest BCUT2D eigenvalue weighted by Crippen LogP contribution is -2.07. The first-order chi connectivity index (χ1) is 8.70. The summed E-state index contributed by atoms with van der Waals surface area (Å²) in [6.07, 6.45) is 3.97. The Hall–Kier alpha value is -1.62. The van der Waals surface area contributed by atoms with Crippen LogP contribution in [0.1, 0.15) is 35.9 Å². The maximum atomic E-state index is 11.6. The molecule has 0 atom stereocenters. The topological polar surface area (TPSA) is 53.4 Å². The molecule has 5 nitrogen and oxygen atoms in total. The summed E-state index contributed by atoms with van der Waals surface area (Å²) in [5, 5.41) is 4.16. The molecule has 5 heteroatoms. The summed E-state index contributed by atoms with van der Waals surface area (Å²) in [6, 6.07) is 1.76. The number of rotatable bonds is 3. The number of carbonyl (C=O) groups is 1. The Kier molecular flexibility index (Phi) is 4.15. The van der Waals surface area contributed by atoms with Gasteiger partial charge >= 0.3 is 5.97 Å². The van der Waals surface area contributed by atoms with Crippen LogP contribution in [0.25, 0.3) is 6.08 Å². The second-order valence-electron chi connectivity index (χ2n) is 4.21. The van der Waals surface area contributed by atoms with E-state index in [0.29, 0.717) is 12.3 Å². The summed E-state index contributed by atoms with van der Waals surface area (Å²) >= 11 is 0. The van der Waals surface area contributed by atoms with Crippen molar-refractivity contribution in [3.05, 3.63) is 23.0 Å². The van der Waals surface area contributed by atoms with Gasteiger partial charge in [-0.3, -0.25) is 4.68 Å². The molecule has 0 aromatic carbocycles. The van der Waals surface area contributed by atoms with Crippen LogP contribution in [-0.4, -0.2) is 35.6 Å². The molecule has 18 heavy (non-hydrogen) atoms. The van der Waals surface area contributed by atoms with Gasteiger partial charge in [-0.2, -0.15) is 5.10 Å². The molecule has 1 fully saturated rings. The molecule has 0 spiro atoms. The minimum absolute atomic E-state index is 0.359. The van der Waals surface area contributed by atoms with Gasteiger partial charge in [-0.05, 0) is 31.9 Å². The Bertz CT molecular complexity index is 455.